The molecule has 3 rings (SSSR count). The monoisotopic (exact) mass is 287 g/mol. The lowest BCUT2D eigenvalue weighted by Gasteiger charge is -2.14. The molecule has 0 radical (unpaired) electrons. The second kappa shape index (κ2) is 6.35. The fourth-order valence-electron chi connectivity index (χ4n) is 3.06. The zero-order valence-corrected chi connectivity index (χ0v) is 12.3. The minimum Gasteiger partial charge on any atom is -0.392 e. The van der Waals surface area contributed by atoms with Gasteiger partial charge in [-0.25, -0.2) is 0 Å². The smallest absolute Gasteiger partial charge is 0.229 e. The van der Waals surface area contributed by atoms with Gasteiger partial charge in [-0.1, -0.05) is 24.9 Å². The molecule has 112 valence electrons. The summed E-state index contributed by atoms with van der Waals surface area (Å²) < 4.78 is 5.31. The quantitative estimate of drug-likeness (QED) is 0.915. The molecule has 1 N–H and O–H groups in total. The number of aliphatic hydroxyl groups excluding tert-OH is 1. The van der Waals surface area contributed by atoms with Crippen molar-refractivity contribution in [2.24, 2.45) is 5.92 Å². The lowest BCUT2D eigenvalue weighted by molar-refractivity contribution is 0.102. The van der Waals surface area contributed by atoms with Gasteiger partial charge in [-0.3, -0.25) is 4.98 Å². The van der Waals surface area contributed by atoms with Crippen LogP contribution in [0.1, 0.15) is 44.1 Å². The van der Waals surface area contributed by atoms with E-state index < -0.39 is 0 Å². The van der Waals surface area contributed by atoms with Crippen LogP contribution in [0.15, 0.2) is 23.0 Å². The Morgan fingerprint density at radius 3 is 2.95 bits per heavy atom. The van der Waals surface area contributed by atoms with Crippen LogP contribution in [0.25, 0.3) is 11.4 Å². The van der Waals surface area contributed by atoms with Crippen LogP contribution in [-0.2, 0) is 12.8 Å². The van der Waals surface area contributed by atoms with Crippen molar-refractivity contribution in [2.45, 2.75) is 51.6 Å². The summed E-state index contributed by atoms with van der Waals surface area (Å²) in [6.45, 7) is 2.07. The molecular weight excluding hydrogens is 266 g/mol. The average molecular weight is 287 g/mol. The summed E-state index contributed by atoms with van der Waals surface area (Å²) >= 11 is 0. The fourth-order valence-corrected chi connectivity index (χ4v) is 3.06. The summed E-state index contributed by atoms with van der Waals surface area (Å²) in [4.78, 5) is 8.56. The Labute approximate surface area is 124 Å². The van der Waals surface area contributed by atoms with Crippen LogP contribution in [-0.4, -0.2) is 26.3 Å². The van der Waals surface area contributed by atoms with Crippen molar-refractivity contribution < 1.29 is 9.63 Å². The van der Waals surface area contributed by atoms with E-state index >= 15 is 0 Å². The molecule has 0 bridgehead atoms. The van der Waals surface area contributed by atoms with Gasteiger partial charge in [0.1, 0.15) is 0 Å². The van der Waals surface area contributed by atoms with Crippen molar-refractivity contribution in [3.05, 3.63) is 29.9 Å². The fraction of sp³-hybridized carbons (Fsp3) is 0.562. The second-order valence-electron chi connectivity index (χ2n) is 5.71. The molecule has 2 heterocycles. The Morgan fingerprint density at radius 2 is 2.19 bits per heavy atom. The minimum atomic E-state index is -0.371. The molecule has 1 aliphatic carbocycles. The Hall–Kier alpha value is -1.75. The van der Waals surface area contributed by atoms with Crippen LogP contribution >= 0.6 is 0 Å². The van der Waals surface area contributed by atoms with Gasteiger partial charge in [-0.15, -0.1) is 0 Å². The number of nitrogens with zero attached hydrogens (tertiary/aromatic N) is 3. The first-order valence-electron chi connectivity index (χ1n) is 7.72. The maximum atomic E-state index is 10.2. The lowest BCUT2D eigenvalue weighted by atomic mass is 9.98. The van der Waals surface area contributed by atoms with Gasteiger partial charge in [0.15, 0.2) is 0 Å². The zero-order chi connectivity index (χ0) is 14.7. The number of hydrogen-bond donors (Lipinski definition) is 1. The molecule has 1 unspecified atom stereocenters. The normalized spacial score (nSPS) is 17.2. The third-order valence-electron chi connectivity index (χ3n) is 4.32. The van der Waals surface area contributed by atoms with Crippen molar-refractivity contribution in [1.82, 2.24) is 15.1 Å². The summed E-state index contributed by atoms with van der Waals surface area (Å²) in [7, 11) is 0. The highest BCUT2D eigenvalue weighted by atomic mass is 16.5. The third kappa shape index (κ3) is 3.13. The summed E-state index contributed by atoms with van der Waals surface area (Å²) in [6, 6.07) is 1.90. The Morgan fingerprint density at radius 1 is 1.38 bits per heavy atom. The van der Waals surface area contributed by atoms with Crippen molar-refractivity contribution >= 4 is 0 Å². The van der Waals surface area contributed by atoms with Crippen LogP contribution in [0.2, 0.25) is 0 Å². The van der Waals surface area contributed by atoms with Gasteiger partial charge in [0.25, 0.3) is 0 Å². The Balaban J connectivity index is 1.74. The maximum absolute atomic E-state index is 10.2. The molecule has 0 amide bonds. The number of pyridine rings is 1. The first kappa shape index (κ1) is 14.2. The van der Waals surface area contributed by atoms with Gasteiger partial charge >= 0.3 is 0 Å². The second-order valence-corrected chi connectivity index (χ2v) is 5.71. The SMILES string of the molecule is CCc1cnccc1-c1noc(CC(O)C2CCCC2)n1. The molecule has 1 atom stereocenters. The number of aromatic nitrogens is 3. The van der Waals surface area contributed by atoms with Gasteiger partial charge in [0, 0.05) is 18.0 Å². The van der Waals surface area contributed by atoms with E-state index in [4.69, 9.17) is 4.52 Å². The molecule has 0 aromatic carbocycles. The molecule has 0 spiro atoms. The van der Waals surface area contributed by atoms with E-state index in [0.717, 1.165) is 30.4 Å². The standard InChI is InChI=1S/C16H21N3O2/c1-2-11-10-17-8-7-13(11)16-18-15(21-19-16)9-14(20)12-5-3-4-6-12/h7-8,10,12,14,20H,2-6,9H2,1H3. The van der Waals surface area contributed by atoms with Crippen LogP contribution in [0.3, 0.4) is 0 Å². The van der Waals surface area contributed by atoms with E-state index in [-0.39, 0.29) is 6.10 Å². The minimum absolute atomic E-state index is 0.371. The molecule has 2 aromatic rings. The highest BCUT2D eigenvalue weighted by Crippen LogP contribution is 2.29. The van der Waals surface area contributed by atoms with Crippen molar-refractivity contribution in [3.8, 4) is 11.4 Å². The molecule has 1 fully saturated rings. The molecule has 0 aliphatic heterocycles. The number of aliphatic hydroxyl groups is 1. The van der Waals surface area contributed by atoms with E-state index in [2.05, 4.69) is 22.0 Å². The summed E-state index contributed by atoms with van der Waals surface area (Å²) in [5.74, 6) is 1.48. The third-order valence-corrected chi connectivity index (χ3v) is 4.32. The number of hydrogen-bond acceptors (Lipinski definition) is 5. The highest BCUT2D eigenvalue weighted by Gasteiger charge is 2.25. The topological polar surface area (TPSA) is 72.0 Å². The van der Waals surface area contributed by atoms with Gasteiger partial charge < -0.3 is 9.63 Å². The van der Waals surface area contributed by atoms with Gasteiger partial charge in [0.05, 0.1) is 12.5 Å². The van der Waals surface area contributed by atoms with Crippen LogP contribution < -0.4 is 0 Å². The van der Waals surface area contributed by atoms with Crippen LogP contribution in [0.4, 0.5) is 0 Å². The van der Waals surface area contributed by atoms with Gasteiger partial charge in [-0.05, 0) is 36.8 Å². The molecule has 2 aromatic heterocycles. The first-order chi connectivity index (χ1) is 10.3. The lowest BCUT2D eigenvalue weighted by Crippen LogP contribution is -2.20. The molecule has 5 heteroatoms. The summed E-state index contributed by atoms with van der Waals surface area (Å²) in [6.07, 6.45) is 9.16. The van der Waals surface area contributed by atoms with Crippen molar-refractivity contribution in [1.29, 1.82) is 0 Å². The van der Waals surface area contributed by atoms with Gasteiger partial charge in [-0.2, -0.15) is 4.98 Å². The molecule has 21 heavy (non-hydrogen) atoms. The number of aryl methyl sites for hydroxylation is 1. The largest absolute Gasteiger partial charge is 0.392 e. The van der Waals surface area contributed by atoms with Crippen LogP contribution in [0, 0.1) is 5.92 Å². The number of rotatable bonds is 5. The van der Waals surface area contributed by atoms with E-state index in [1.54, 1.807) is 6.20 Å². The van der Waals surface area contributed by atoms with Crippen molar-refractivity contribution in [2.75, 3.05) is 0 Å². The summed E-state index contributed by atoms with van der Waals surface area (Å²) in [5, 5.41) is 14.3. The Kier molecular flexibility index (Phi) is 4.29. The van der Waals surface area contributed by atoms with E-state index in [1.807, 2.05) is 12.3 Å². The maximum Gasteiger partial charge on any atom is 0.229 e. The summed E-state index contributed by atoms with van der Waals surface area (Å²) in [5.41, 5.74) is 2.05. The van der Waals surface area contributed by atoms with Crippen LogP contribution in [0.5, 0.6) is 0 Å². The molecule has 1 saturated carbocycles. The molecular formula is C16H21N3O2. The predicted molar refractivity (Wildman–Crippen MR) is 78.6 cm³/mol. The highest BCUT2D eigenvalue weighted by molar-refractivity contribution is 5.58. The molecule has 5 nitrogen and oxygen atoms in total. The zero-order valence-electron chi connectivity index (χ0n) is 12.3. The molecule has 1 aliphatic rings. The first-order valence-corrected chi connectivity index (χ1v) is 7.72. The van der Waals surface area contributed by atoms with E-state index in [1.165, 1.54) is 12.8 Å². The predicted octanol–water partition coefficient (Wildman–Crippen LogP) is 2.79. The van der Waals surface area contributed by atoms with Crippen molar-refractivity contribution in [3.63, 3.8) is 0 Å². The van der Waals surface area contributed by atoms with Gasteiger partial charge in [0.2, 0.25) is 11.7 Å². The average Bonchev–Trinajstić information content (AvgIpc) is 3.18. The van der Waals surface area contributed by atoms with E-state index in [9.17, 15) is 5.11 Å². The van der Waals surface area contributed by atoms with E-state index in [0.29, 0.717) is 24.1 Å². The molecule has 0 saturated heterocycles. The Bertz CT molecular complexity index is 591.